The predicted molar refractivity (Wildman–Crippen MR) is 103 cm³/mol. The summed E-state index contributed by atoms with van der Waals surface area (Å²) in [5.41, 5.74) is 1.96. The Bertz CT molecular complexity index is 1000. The minimum atomic E-state index is -3.71. The van der Waals surface area contributed by atoms with E-state index in [4.69, 9.17) is 11.6 Å². The number of nitrogens with zero attached hydrogens (tertiary/aromatic N) is 3. The normalized spacial score (nSPS) is 11.7. The number of aromatic nitrogens is 2. The summed E-state index contributed by atoms with van der Waals surface area (Å²) in [5.74, 6) is 0. The number of hydrogen-bond acceptors (Lipinski definition) is 4. The summed E-state index contributed by atoms with van der Waals surface area (Å²) in [7, 11) is 0.225. The van der Waals surface area contributed by atoms with Gasteiger partial charge in [-0.1, -0.05) is 29.8 Å². The Balaban J connectivity index is 1.98. The second-order valence-electron chi connectivity index (χ2n) is 6.11. The van der Waals surface area contributed by atoms with Crippen molar-refractivity contribution in [2.75, 3.05) is 18.8 Å². The van der Waals surface area contributed by atoms with Gasteiger partial charge in [0.1, 0.15) is 0 Å². The summed E-state index contributed by atoms with van der Waals surface area (Å²) in [4.78, 5) is 2.22. The number of rotatable bonds is 6. The Labute approximate surface area is 158 Å². The molecule has 1 N–H and O–H groups in total. The van der Waals surface area contributed by atoms with Crippen molar-refractivity contribution in [3.63, 3.8) is 0 Å². The van der Waals surface area contributed by atoms with Crippen molar-refractivity contribution >= 4 is 27.3 Å². The van der Waals surface area contributed by atoms with Crippen LogP contribution in [0.3, 0.4) is 0 Å². The molecule has 0 amide bonds. The molecule has 0 saturated heterocycles. The number of hydrogen-bond donors (Lipinski definition) is 1. The lowest BCUT2D eigenvalue weighted by Crippen LogP contribution is -2.14. The first-order chi connectivity index (χ1) is 12.3. The molecule has 136 valence electrons. The summed E-state index contributed by atoms with van der Waals surface area (Å²) < 4.78 is 29.5. The highest BCUT2D eigenvalue weighted by molar-refractivity contribution is 7.92. The van der Waals surface area contributed by atoms with Crippen LogP contribution in [0.1, 0.15) is 5.56 Å². The first-order valence-corrected chi connectivity index (χ1v) is 9.77. The van der Waals surface area contributed by atoms with Gasteiger partial charge in [0.15, 0.2) is 0 Å². The fourth-order valence-electron chi connectivity index (χ4n) is 2.52. The number of nitrogens with one attached hydrogen (secondary N) is 1. The zero-order chi connectivity index (χ0) is 18.7. The van der Waals surface area contributed by atoms with Crippen LogP contribution < -0.4 is 4.72 Å². The van der Waals surface area contributed by atoms with E-state index in [1.165, 1.54) is 0 Å². The van der Waals surface area contributed by atoms with Crippen LogP contribution >= 0.6 is 11.6 Å². The van der Waals surface area contributed by atoms with Crippen LogP contribution in [0.5, 0.6) is 0 Å². The maximum Gasteiger partial charge on any atom is 0.261 e. The van der Waals surface area contributed by atoms with Gasteiger partial charge in [0, 0.05) is 23.3 Å². The van der Waals surface area contributed by atoms with Gasteiger partial charge in [-0.05, 0) is 44.4 Å². The van der Waals surface area contributed by atoms with Crippen molar-refractivity contribution in [1.82, 2.24) is 14.7 Å². The highest BCUT2D eigenvalue weighted by Gasteiger charge is 2.17. The van der Waals surface area contributed by atoms with E-state index in [1.807, 2.05) is 25.2 Å². The Morgan fingerprint density at radius 3 is 2.58 bits per heavy atom. The molecule has 0 aliphatic rings. The summed E-state index contributed by atoms with van der Waals surface area (Å²) in [6.45, 7) is 0.728. The zero-order valence-corrected chi connectivity index (χ0v) is 16.0. The molecule has 0 atom stereocenters. The van der Waals surface area contributed by atoms with Gasteiger partial charge in [0.2, 0.25) is 0 Å². The summed E-state index contributed by atoms with van der Waals surface area (Å²) >= 11 is 6.12. The molecule has 0 radical (unpaired) electrons. The third-order valence-electron chi connectivity index (χ3n) is 3.64. The average Bonchev–Trinajstić information content (AvgIpc) is 3.04. The average molecular weight is 391 g/mol. The van der Waals surface area contributed by atoms with Gasteiger partial charge in [-0.15, -0.1) is 0 Å². The first kappa shape index (κ1) is 18.4. The lowest BCUT2D eigenvalue weighted by molar-refractivity contribution is 0.402. The summed E-state index contributed by atoms with van der Waals surface area (Å²) in [6.07, 6.45) is 3.60. The van der Waals surface area contributed by atoms with E-state index in [2.05, 4.69) is 9.82 Å². The van der Waals surface area contributed by atoms with E-state index >= 15 is 0 Å². The molecule has 1 aromatic heterocycles. The number of anilines is 1. The molecule has 1 heterocycles. The third-order valence-corrected chi connectivity index (χ3v) is 5.26. The zero-order valence-electron chi connectivity index (χ0n) is 14.4. The molecule has 0 saturated carbocycles. The summed E-state index contributed by atoms with van der Waals surface area (Å²) in [6, 6.07) is 13.2. The molecule has 3 aromatic rings. The highest BCUT2D eigenvalue weighted by Crippen LogP contribution is 2.27. The first-order valence-electron chi connectivity index (χ1n) is 7.91. The second kappa shape index (κ2) is 7.49. The van der Waals surface area contributed by atoms with E-state index in [0.717, 1.165) is 12.1 Å². The van der Waals surface area contributed by atoms with E-state index in [-0.39, 0.29) is 4.90 Å². The molecule has 26 heavy (non-hydrogen) atoms. The van der Waals surface area contributed by atoms with Crippen LogP contribution in [0.15, 0.2) is 65.8 Å². The van der Waals surface area contributed by atoms with E-state index in [1.54, 1.807) is 59.4 Å². The molecule has 6 nitrogen and oxygen atoms in total. The van der Waals surface area contributed by atoms with E-state index < -0.39 is 10.0 Å². The van der Waals surface area contributed by atoms with Crippen molar-refractivity contribution in [2.24, 2.45) is 0 Å². The highest BCUT2D eigenvalue weighted by atomic mass is 35.5. The Hall–Kier alpha value is -2.35. The molecule has 0 aliphatic heterocycles. The standard InChI is InChI=1S/C18H19ClN4O2S/c1-22(2)12-14-11-20-23(13-14)18-10-15(19)8-9-17(18)21-26(24,25)16-6-4-3-5-7-16/h3-11,13,21H,12H2,1-2H3. The van der Waals surface area contributed by atoms with Gasteiger partial charge < -0.3 is 4.90 Å². The van der Waals surface area contributed by atoms with E-state index in [0.29, 0.717) is 16.4 Å². The SMILES string of the molecule is CN(C)Cc1cnn(-c2cc(Cl)ccc2NS(=O)(=O)c2ccccc2)c1. The second-order valence-corrected chi connectivity index (χ2v) is 8.23. The van der Waals surface area contributed by atoms with Crippen molar-refractivity contribution in [3.8, 4) is 5.69 Å². The topological polar surface area (TPSA) is 67.2 Å². The molecule has 0 aliphatic carbocycles. The third kappa shape index (κ3) is 4.24. The van der Waals surface area contributed by atoms with Crippen LogP contribution in [0.25, 0.3) is 5.69 Å². The maximum atomic E-state index is 12.6. The van der Waals surface area contributed by atoms with Crippen molar-refractivity contribution in [1.29, 1.82) is 0 Å². The smallest absolute Gasteiger partial charge is 0.261 e. The van der Waals surface area contributed by atoms with Crippen LogP contribution in [0.2, 0.25) is 5.02 Å². The van der Waals surface area contributed by atoms with E-state index in [9.17, 15) is 8.42 Å². The van der Waals surface area contributed by atoms with Crippen LogP contribution in [-0.4, -0.2) is 37.2 Å². The number of halogens is 1. The molecule has 0 unspecified atom stereocenters. The van der Waals surface area contributed by atoms with Gasteiger partial charge in [-0.2, -0.15) is 5.10 Å². The summed E-state index contributed by atoms with van der Waals surface area (Å²) in [5, 5.41) is 4.83. The molecule has 0 fully saturated rings. The van der Waals surface area contributed by atoms with Gasteiger partial charge >= 0.3 is 0 Å². The molecule has 3 rings (SSSR count). The molecule has 8 heteroatoms. The monoisotopic (exact) mass is 390 g/mol. The Morgan fingerprint density at radius 2 is 1.88 bits per heavy atom. The maximum absolute atomic E-state index is 12.6. The van der Waals surface area contributed by atoms with Crippen molar-refractivity contribution < 1.29 is 8.42 Å². The van der Waals surface area contributed by atoms with Crippen LogP contribution in [0.4, 0.5) is 5.69 Å². The molecule has 0 spiro atoms. The lowest BCUT2D eigenvalue weighted by Gasteiger charge is -2.13. The molecular weight excluding hydrogens is 372 g/mol. The minimum absolute atomic E-state index is 0.190. The fourth-order valence-corrected chi connectivity index (χ4v) is 3.78. The predicted octanol–water partition coefficient (Wildman–Crippen LogP) is 3.39. The van der Waals surface area contributed by atoms with Crippen molar-refractivity contribution in [2.45, 2.75) is 11.4 Å². The Morgan fingerprint density at radius 1 is 1.15 bits per heavy atom. The fraction of sp³-hybridized carbons (Fsp3) is 0.167. The largest absolute Gasteiger partial charge is 0.305 e. The molecule has 2 aromatic carbocycles. The molecular formula is C18H19ClN4O2S. The van der Waals surface area contributed by atoms with Crippen LogP contribution in [-0.2, 0) is 16.6 Å². The quantitative estimate of drug-likeness (QED) is 0.700. The van der Waals surface area contributed by atoms with Crippen molar-refractivity contribution in [3.05, 3.63) is 71.5 Å². The lowest BCUT2D eigenvalue weighted by atomic mass is 10.2. The number of benzene rings is 2. The Kier molecular flexibility index (Phi) is 5.31. The van der Waals surface area contributed by atoms with Gasteiger partial charge in [-0.25, -0.2) is 13.1 Å². The van der Waals surface area contributed by atoms with Crippen LogP contribution in [0, 0.1) is 0 Å². The van der Waals surface area contributed by atoms with Gasteiger partial charge in [0.05, 0.1) is 22.5 Å². The van der Waals surface area contributed by atoms with Gasteiger partial charge in [-0.3, -0.25) is 4.72 Å². The minimum Gasteiger partial charge on any atom is -0.305 e. The van der Waals surface area contributed by atoms with Gasteiger partial charge in [0.25, 0.3) is 10.0 Å². The number of sulfonamides is 1. The molecule has 0 bridgehead atoms.